The van der Waals surface area contributed by atoms with E-state index in [-0.39, 0.29) is 24.5 Å². The van der Waals surface area contributed by atoms with Gasteiger partial charge in [-0.15, -0.1) is 11.3 Å². The molecule has 0 spiro atoms. The SMILES string of the molecule is CCOc1cc(C=Nc2sc3c(c2C(=O)NC2CCCCC2)CCCC3)ccc1OCC(=O)N1CCOCC1. The van der Waals surface area contributed by atoms with E-state index in [4.69, 9.17) is 19.2 Å². The number of fused-ring (bicyclic) bond motifs is 1. The molecule has 0 radical (unpaired) electrons. The van der Waals surface area contributed by atoms with Gasteiger partial charge in [0.05, 0.1) is 25.4 Å². The average molecular weight is 554 g/mol. The van der Waals surface area contributed by atoms with Crippen LogP contribution in [0.1, 0.15) is 78.2 Å². The maximum atomic E-state index is 13.5. The molecule has 1 N–H and O–H groups in total. The van der Waals surface area contributed by atoms with Crippen LogP contribution < -0.4 is 14.8 Å². The lowest BCUT2D eigenvalue weighted by Crippen LogP contribution is -2.43. The van der Waals surface area contributed by atoms with Crippen LogP contribution in [0.3, 0.4) is 0 Å². The van der Waals surface area contributed by atoms with Gasteiger partial charge in [-0.3, -0.25) is 9.59 Å². The molecule has 2 aliphatic carbocycles. The maximum absolute atomic E-state index is 13.5. The minimum absolute atomic E-state index is 0.0251. The molecule has 1 aliphatic heterocycles. The molecule has 2 aromatic rings. The summed E-state index contributed by atoms with van der Waals surface area (Å²) in [5.41, 5.74) is 2.80. The fourth-order valence-corrected chi connectivity index (χ4v) is 6.78. The predicted molar refractivity (Wildman–Crippen MR) is 153 cm³/mol. The molecule has 2 fully saturated rings. The molecule has 5 rings (SSSR count). The minimum atomic E-state index is -0.0629. The number of carbonyl (C=O) groups is 2. The average Bonchev–Trinajstić information content (AvgIpc) is 3.35. The fourth-order valence-electron chi connectivity index (χ4n) is 5.55. The molecule has 210 valence electrons. The van der Waals surface area contributed by atoms with E-state index in [2.05, 4.69) is 5.32 Å². The first-order chi connectivity index (χ1) is 19.1. The molecule has 0 bridgehead atoms. The minimum Gasteiger partial charge on any atom is -0.490 e. The van der Waals surface area contributed by atoms with Crippen molar-refractivity contribution in [3.8, 4) is 11.5 Å². The number of morpholine rings is 1. The van der Waals surface area contributed by atoms with Gasteiger partial charge < -0.3 is 24.4 Å². The van der Waals surface area contributed by atoms with Crippen LogP contribution in [0.25, 0.3) is 0 Å². The fraction of sp³-hybridized carbons (Fsp3) is 0.567. The van der Waals surface area contributed by atoms with Crippen molar-refractivity contribution in [2.24, 2.45) is 4.99 Å². The van der Waals surface area contributed by atoms with E-state index in [9.17, 15) is 9.59 Å². The van der Waals surface area contributed by atoms with E-state index in [1.165, 1.54) is 29.7 Å². The highest BCUT2D eigenvalue weighted by molar-refractivity contribution is 7.16. The van der Waals surface area contributed by atoms with Crippen molar-refractivity contribution < 1.29 is 23.8 Å². The van der Waals surface area contributed by atoms with Gasteiger partial charge in [-0.25, -0.2) is 4.99 Å². The quantitative estimate of drug-likeness (QED) is 0.438. The number of hydrogen-bond donors (Lipinski definition) is 1. The van der Waals surface area contributed by atoms with E-state index in [1.54, 1.807) is 22.5 Å². The normalized spacial score (nSPS) is 18.1. The Balaban J connectivity index is 1.32. The van der Waals surface area contributed by atoms with Crippen molar-refractivity contribution in [2.45, 2.75) is 70.8 Å². The molecule has 2 heterocycles. The van der Waals surface area contributed by atoms with E-state index < -0.39 is 0 Å². The molecule has 1 saturated heterocycles. The lowest BCUT2D eigenvalue weighted by Gasteiger charge is -2.26. The standard InChI is InChI=1S/C30H39N3O5S/c1-2-37-25-18-21(12-13-24(25)38-20-27(34)33-14-16-36-17-15-33)19-31-30-28(23-10-6-7-11-26(23)39-30)29(35)32-22-8-4-3-5-9-22/h12-13,18-19,22H,2-11,14-17,20H2,1H3,(H,32,35). The van der Waals surface area contributed by atoms with E-state index in [0.717, 1.165) is 54.7 Å². The Labute approximate surface area is 234 Å². The van der Waals surface area contributed by atoms with Crippen molar-refractivity contribution in [3.05, 3.63) is 39.8 Å². The van der Waals surface area contributed by atoms with Crippen LogP contribution in [0.4, 0.5) is 5.00 Å². The molecule has 3 aliphatic rings. The van der Waals surface area contributed by atoms with Crippen molar-refractivity contribution >= 4 is 34.4 Å². The Bertz CT molecular complexity index is 1180. The Morgan fingerprint density at radius 3 is 2.67 bits per heavy atom. The summed E-state index contributed by atoms with van der Waals surface area (Å²) in [4.78, 5) is 33.8. The second-order valence-electron chi connectivity index (χ2n) is 10.4. The van der Waals surface area contributed by atoms with Gasteiger partial charge in [-0.1, -0.05) is 19.3 Å². The highest BCUT2D eigenvalue weighted by Crippen LogP contribution is 2.40. The van der Waals surface area contributed by atoms with Crippen molar-refractivity contribution in [1.82, 2.24) is 10.2 Å². The summed E-state index contributed by atoms with van der Waals surface area (Å²) in [7, 11) is 0. The highest BCUT2D eigenvalue weighted by atomic mass is 32.1. The number of aryl methyl sites for hydroxylation is 1. The number of hydrogen-bond acceptors (Lipinski definition) is 7. The summed E-state index contributed by atoms with van der Waals surface area (Å²) in [6, 6.07) is 5.85. The first kappa shape index (κ1) is 27.6. The molecule has 1 saturated carbocycles. The van der Waals surface area contributed by atoms with Crippen LogP contribution in [0, 0.1) is 0 Å². The lowest BCUT2D eigenvalue weighted by atomic mass is 9.93. The number of carbonyl (C=O) groups excluding carboxylic acids is 2. The molecule has 0 atom stereocenters. The summed E-state index contributed by atoms with van der Waals surface area (Å²) in [6.45, 7) is 4.62. The summed E-state index contributed by atoms with van der Waals surface area (Å²) >= 11 is 1.65. The van der Waals surface area contributed by atoms with E-state index in [0.29, 0.717) is 44.4 Å². The van der Waals surface area contributed by atoms with Crippen LogP contribution in [0.15, 0.2) is 23.2 Å². The summed E-state index contributed by atoms with van der Waals surface area (Å²) in [6.07, 6.45) is 11.8. The molecule has 2 amide bonds. The number of thiophene rings is 1. The maximum Gasteiger partial charge on any atom is 0.260 e. The van der Waals surface area contributed by atoms with Crippen LogP contribution in [-0.2, 0) is 22.4 Å². The largest absolute Gasteiger partial charge is 0.490 e. The monoisotopic (exact) mass is 553 g/mol. The van der Waals surface area contributed by atoms with Crippen molar-refractivity contribution in [2.75, 3.05) is 39.5 Å². The molecular weight excluding hydrogens is 514 g/mol. The molecule has 8 nitrogen and oxygen atoms in total. The second kappa shape index (κ2) is 13.4. The van der Waals surface area contributed by atoms with Crippen LogP contribution in [0.2, 0.25) is 0 Å². The number of amides is 2. The zero-order chi connectivity index (χ0) is 27.0. The molecular formula is C30H39N3O5S. The third-order valence-corrected chi connectivity index (χ3v) is 8.83. The summed E-state index contributed by atoms with van der Waals surface area (Å²) in [5.74, 6) is 1.05. The third-order valence-electron chi connectivity index (χ3n) is 7.63. The summed E-state index contributed by atoms with van der Waals surface area (Å²) < 4.78 is 17.0. The van der Waals surface area contributed by atoms with Crippen LogP contribution in [-0.4, -0.2) is 68.5 Å². The van der Waals surface area contributed by atoms with Gasteiger partial charge in [-0.2, -0.15) is 0 Å². The Kier molecular flexibility index (Phi) is 9.53. The number of ether oxygens (including phenoxy) is 3. The highest BCUT2D eigenvalue weighted by Gasteiger charge is 2.27. The zero-order valence-corrected chi connectivity index (χ0v) is 23.7. The van der Waals surface area contributed by atoms with Crippen LogP contribution >= 0.6 is 11.3 Å². The van der Waals surface area contributed by atoms with E-state index >= 15 is 0 Å². The van der Waals surface area contributed by atoms with Gasteiger partial charge in [-0.05, 0) is 74.8 Å². The molecule has 39 heavy (non-hydrogen) atoms. The van der Waals surface area contributed by atoms with Crippen LogP contribution in [0.5, 0.6) is 11.5 Å². The van der Waals surface area contributed by atoms with Crippen molar-refractivity contribution in [3.63, 3.8) is 0 Å². The lowest BCUT2D eigenvalue weighted by molar-refractivity contribution is -0.137. The van der Waals surface area contributed by atoms with Gasteiger partial charge >= 0.3 is 0 Å². The number of benzene rings is 1. The molecule has 9 heteroatoms. The van der Waals surface area contributed by atoms with Crippen molar-refractivity contribution in [1.29, 1.82) is 0 Å². The Morgan fingerprint density at radius 1 is 1.08 bits per heavy atom. The number of aliphatic imine (C=N–C) groups is 1. The summed E-state index contributed by atoms with van der Waals surface area (Å²) in [5, 5.41) is 4.09. The Morgan fingerprint density at radius 2 is 1.87 bits per heavy atom. The van der Waals surface area contributed by atoms with Gasteiger partial charge in [0.1, 0.15) is 5.00 Å². The van der Waals surface area contributed by atoms with Gasteiger partial charge in [0, 0.05) is 30.2 Å². The molecule has 0 unspecified atom stereocenters. The topological polar surface area (TPSA) is 89.5 Å². The van der Waals surface area contributed by atoms with Gasteiger partial charge in [0.15, 0.2) is 18.1 Å². The second-order valence-corrected chi connectivity index (χ2v) is 11.5. The molecule has 1 aromatic carbocycles. The first-order valence-electron chi connectivity index (χ1n) is 14.4. The number of rotatable bonds is 9. The Hall–Kier alpha value is -2.91. The van der Waals surface area contributed by atoms with Gasteiger partial charge in [0.25, 0.3) is 11.8 Å². The number of nitrogens with one attached hydrogen (secondary N) is 1. The number of nitrogens with zero attached hydrogens (tertiary/aromatic N) is 2. The smallest absolute Gasteiger partial charge is 0.260 e. The van der Waals surface area contributed by atoms with E-state index in [1.807, 2.05) is 25.1 Å². The predicted octanol–water partition coefficient (Wildman–Crippen LogP) is 5.08. The third kappa shape index (κ3) is 7.00. The van der Waals surface area contributed by atoms with Gasteiger partial charge in [0.2, 0.25) is 0 Å². The molecule has 1 aromatic heterocycles. The first-order valence-corrected chi connectivity index (χ1v) is 15.2. The zero-order valence-electron chi connectivity index (χ0n) is 22.8.